The van der Waals surface area contributed by atoms with Crippen LogP contribution in [-0.2, 0) is 4.79 Å². The first-order valence-electron chi connectivity index (χ1n) is 3.62. The van der Waals surface area contributed by atoms with Crippen LogP contribution >= 0.6 is 11.6 Å². The molecular weight excluding hydrogens is 176 g/mol. The minimum Gasteiger partial charge on any atom is -0.388 e. The lowest BCUT2D eigenvalue weighted by Crippen LogP contribution is -1.98. The molecule has 0 unspecified atom stereocenters. The highest BCUT2D eigenvalue weighted by molar-refractivity contribution is 6.31. The fraction of sp³-hybridized carbons (Fsp3) is 0.222. The van der Waals surface area contributed by atoms with Crippen molar-refractivity contribution < 1.29 is 9.90 Å². The third-order valence-electron chi connectivity index (χ3n) is 1.58. The Bertz CT molecular complexity index is 273. The number of benzene rings is 1. The fourth-order valence-electron chi connectivity index (χ4n) is 0.963. The SMILES string of the molecule is O=CC[C@@H](O)c1ccccc1Cl. The Morgan fingerprint density at radius 2 is 2.17 bits per heavy atom. The van der Waals surface area contributed by atoms with Gasteiger partial charge in [-0.05, 0) is 11.6 Å². The first-order valence-corrected chi connectivity index (χ1v) is 3.99. The molecule has 3 heteroatoms. The van der Waals surface area contributed by atoms with Crippen molar-refractivity contribution in [2.75, 3.05) is 0 Å². The molecule has 0 aliphatic carbocycles. The van der Waals surface area contributed by atoms with E-state index in [2.05, 4.69) is 0 Å². The second-order valence-corrected chi connectivity index (χ2v) is 2.85. The minimum atomic E-state index is -0.781. The molecule has 0 spiro atoms. The Balaban J connectivity index is 2.86. The summed E-state index contributed by atoms with van der Waals surface area (Å²) in [5.74, 6) is 0. The number of hydrogen-bond acceptors (Lipinski definition) is 2. The van der Waals surface area contributed by atoms with Gasteiger partial charge < -0.3 is 9.90 Å². The van der Waals surface area contributed by atoms with Crippen LogP contribution in [0.1, 0.15) is 18.1 Å². The molecule has 1 rings (SSSR count). The molecule has 0 fully saturated rings. The quantitative estimate of drug-likeness (QED) is 0.730. The van der Waals surface area contributed by atoms with Crippen LogP contribution in [-0.4, -0.2) is 11.4 Å². The van der Waals surface area contributed by atoms with Crippen molar-refractivity contribution in [2.45, 2.75) is 12.5 Å². The molecule has 0 saturated carbocycles. The van der Waals surface area contributed by atoms with Crippen LogP contribution in [0.2, 0.25) is 5.02 Å². The van der Waals surface area contributed by atoms with Crippen LogP contribution in [0.15, 0.2) is 24.3 Å². The molecule has 0 heterocycles. The van der Waals surface area contributed by atoms with Gasteiger partial charge in [0, 0.05) is 11.4 Å². The molecule has 2 nitrogen and oxygen atoms in total. The maximum atomic E-state index is 10.1. The Morgan fingerprint density at radius 1 is 1.50 bits per heavy atom. The van der Waals surface area contributed by atoms with Gasteiger partial charge in [-0.1, -0.05) is 29.8 Å². The summed E-state index contributed by atoms with van der Waals surface area (Å²) in [5, 5.41) is 9.88. The maximum absolute atomic E-state index is 10.1. The van der Waals surface area contributed by atoms with E-state index in [4.69, 9.17) is 11.6 Å². The smallest absolute Gasteiger partial charge is 0.122 e. The number of hydrogen-bond donors (Lipinski definition) is 1. The van der Waals surface area contributed by atoms with Gasteiger partial charge in [-0.3, -0.25) is 0 Å². The molecular formula is C9H9ClO2. The molecule has 0 aromatic heterocycles. The summed E-state index contributed by atoms with van der Waals surface area (Å²) in [4.78, 5) is 10.1. The average molecular weight is 185 g/mol. The number of aliphatic hydroxyl groups is 1. The topological polar surface area (TPSA) is 37.3 Å². The van der Waals surface area contributed by atoms with Gasteiger partial charge in [-0.15, -0.1) is 0 Å². The van der Waals surface area contributed by atoms with E-state index in [1.54, 1.807) is 24.3 Å². The Kier molecular flexibility index (Phi) is 3.26. The summed E-state index contributed by atoms with van der Waals surface area (Å²) >= 11 is 5.78. The molecule has 0 saturated heterocycles. The molecule has 1 N–H and O–H groups in total. The van der Waals surface area contributed by atoms with E-state index in [0.717, 1.165) is 0 Å². The zero-order valence-corrected chi connectivity index (χ0v) is 7.16. The Morgan fingerprint density at radius 3 is 2.75 bits per heavy atom. The van der Waals surface area contributed by atoms with Gasteiger partial charge in [0.25, 0.3) is 0 Å². The predicted octanol–water partition coefficient (Wildman–Crippen LogP) is 1.96. The summed E-state index contributed by atoms with van der Waals surface area (Å²) < 4.78 is 0. The van der Waals surface area contributed by atoms with Gasteiger partial charge in [0.2, 0.25) is 0 Å². The molecule has 0 bridgehead atoms. The van der Waals surface area contributed by atoms with E-state index >= 15 is 0 Å². The largest absolute Gasteiger partial charge is 0.388 e. The summed E-state index contributed by atoms with van der Waals surface area (Å²) in [5.41, 5.74) is 0.603. The third-order valence-corrected chi connectivity index (χ3v) is 1.93. The summed E-state index contributed by atoms with van der Waals surface area (Å²) in [6, 6.07) is 6.94. The monoisotopic (exact) mass is 184 g/mol. The lowest BCUT2D eigenvalue weighted by molar-refractivity contribution is -0.109. The highest BCUT2D eigenvalue weighted by Crippen LogP contribution is 2.23. The zero-order valence-electron chi connectivity index (χ0n) is 6.40. The molecule has 1 atom stereocenters. The first-order chi connectivity index (χ1) is 5.75. The predicted molar refractivity (Wildman–Crippen MR) is 47.1 cm³/mol. The van der Waals surface area contributed by atoms with Gasteiger partial charge in [0.15, 0.2) is 0 Å². The van der Waals surface area contributed by atoms with Crippen LogP contribution in [0.4, 0.5) is 0 Å². The third kappa shape index (κ3) is 2.06. The van der Waals surface area contributed by atoms with E-state index in [1.165, 1.54) is 0 Å². The van der Waals surface area contributed by atoms with Crippen LogP contribution in [0.5, 0.6) is 0 Å². The molecule has 64 valence electrons. The number of aliphatic hydroxyl groups excluding tert-OH is 1. The molecule has 12 heavy (non-hydrogen) atoms. The molecule has 0 radical (unpaired) electrons. The van der Waals surface area contributed by atoms with Gasteiger partial charge in [-0.25, -0.2) is 0 Å². The van der Waals surface area contributed by atoms with Crippen LogP contribution in [0.3, 0.4) is 0 Å². The van der Waals surface area contributed by atoms with E-state index < -0.39 is 6.10 Å². The van der Waals surface area contributed by atoms with Crippen LogP contribution in [0.25, 0.3) is 0 Å². The lowest BCUT2D eigenvalue weighted by atomic mass is 10.1. The number of carbonyl (C=O) groups is 1. The number of aldehydes is 1. The second-order valence-electron chi connectivity index (χ2n) is 2.44. The number of halogens is 1. The van der Waals surface area contributed by atoms with E-state index in [1.807, 2.05) is 0 Å². The second kappa shape index (κ2) is 4.24. The van der Waals surface area contributed by atoms with Crippen molar-refractivity contribution >= 4 is 17.9 Å². The van der Waals surface area contributed by atoms with Crippen molar-refractivity contribution in [3.63, 3.8) is 0 Å². The molecule has 0 aliphatic heterocycles. The summed E-state index contributed by atoms with van der Waals surface area (Å²) in [7, 11) is 0. The fourth-order valence-corrected chi connectivity index (χ4v) is 1.23. The molecule has 0 aliphatic rings. The van der Waals surface area contributed by atoms with Crippen molar-refractivity contribution in [3.05, 3.63) is 34.9 Å². The number of rotatable bonds is 3. The molecule has 0 amide bonds. The van der Waals surface area contributed by atoms with Crippen molar-refractivity contribution in [1.82, 2.24) is 0 Å². The molecule has 1 aromatic carbocycles. The van der Waals surface area contributed by atoms with Gasteiger partial charge in [0.1, 0.15) is 6.29 Å². The van der Waals surface area contributed by atoms with Crippen molar-refractivity contribution in [1.29, 1.82) is 0 Å². The number of carbonyl (C=O) groups excluding carboxylic acids is 1. The van der Waals surface area contributed by atoms with Gasteiger partial charge >= 0.3 is 0 Å². The van der Waals surface area contributed by atoms with Gasteiger partial charge in [0.05, 0.1) is 6.10 Å². The van der Waals surface area contributed by atoms with Crippen molar-refractivity contribution in [2.24, 2.45) is 0 Å². The van der Waals surface area contributed by atoms with Crippen LogP contribution < -0.4 is 0 Å². The summed E-state index contributed by atoms with van der Waals surface area (Å²) in [6.45, 7) is 0. The average Bonchev–Trinajstić information content (AvgIpc) is 2.05. The zero-order chi connectivity index (χ0) is 8.97. The van der Waals surface area contributed by atoms with E-state index in [9.17, 15) is 9.90 Å². The Hall–Kier alpha value is -0.860. The highest BCUT2D eigenvalue weighted by Gasteiger charge is 2.09. The Labute approximate surface area is 75.8 Å². The van der Waals surface area contributed by atoms with E-state index in [0.29, 0.717) is 16.9 Å². The van der Waals surface area contributed by atoms with E-state index in [-0.39, 0.29) is 6.42 Å². The first kappa shape index (κ1) is 9.23. The van der Waals surface area contributed by atoms with Crippen LogP contribution in [0, 0.1) is 0 Å². The highest BCUT2D eigenvalue weighted by atomic mass is 35.5. The maximum Gasteiger partial charge on any atom is 0.122 e. The normalized spacial score (nSPS) is 12.5. The summed E-state index contributed by atoms with van der Waals surface area (Å²) in [6.07, 6.45) is -0.0197. The minimum absolute atomic E-state index is 0.0870. The standard InChI is InChI=1S/C9H9ClO2/c10-8-4-2-1-3-7(8)9(12)5-6-11/h1-4,6,9,12H,5H2/t9-/m1/s1. The molecule has 1 aromatic rings. The van der Waals surface area contributed by atoms with Gasteiger partial charge in [-0.2, -0.15) is 0 Å². The lowest BCUT2D eigenvalue weighted by Gasteiger charge is -2.08. The van der Waals surface area contributed by atoms with Crippen molar-refractivity contribution in [3.8, 4) is 0 Å².